The first kappa shape index (κ1) is 15.3. The number of likely N-dealkylation sites (N-methyl/N-ethyl adjacent to an activating group) is 2. The van der Waals surface area contributed by atoms with Crippen LogP contribution < -0.4 is 0 Å². The third-order valence-electron chi connectivity index (χ3n) is 1.32. The maximum atomic E-state index is 8.39. The molecule has 0 saturated heterocycles. The van der Waals surface area contributed by atoms with Gasteiger partial charge in [-0.05, 0) is 14.1 Å². The third-order valence-corrected chi connectivity index (χ3v) is 1.32. The molecule has 13 heavy (non-hydrogen) atoms. The van der Waals surface area contributed by atoms with Gasteiger partial charge in [0.15, 0.2) is 0 Å². The summed E-state index contributed by atoms with van der Waals surface area (Å²) in [6.07, 6.45) is 0. The van der Waals surface area contributed by atoms with Crippen molar-refractivity contribution in [2.45, 2.75) is 0 Å². The summed E-state index contributed by atoms with van der Waals surface area (Å²) >= 11 is 0. The van der Waals surface area contributed by atoms with Crippen molar-refractivity contribution in [1.29, 1.82) is 0 Å². The highest BCUT2D eigenvalue weighted by molar-refractivity contribution is 4.34. The van der Waals surface area contributed by atoms with Crippen molar-refractivity contribution in [2.75, 3.05) is 61.5 Å². The van der Waals surface area contributed by atoms with Crippen LogP contribution >= 0.6 is 0 Å². The molecule has 0 aliphatic carbocycles. The average molecular weight is 193 g/mol. The monoisotopic (exact) mass is 193 g/mol. The zero-order valence-corrected chi connectivity index (χ0v) is 9.62. The average Bonchev–Trinajstić information content (AvgIpc) is 1.84. The van der Waals surface area contributed by atoms with E-state index in [0.29, 0.717) is 0 Å². The van der Waals surface area contributed by atoms with E-state index in [1.807, 2.05) is 19.0 Å². The van der Waals surface area contributed by atoms with Gasteiger partial charge in [0.1, 0.15) is 6.54 Å². The van der Waals surface area contributed by atoms with Crippen LogP contribution in [0.5, 0.6) is 0 Å². The Balaban J connectivity index is 0. The number of nitrogens with zero attached hydrogens (tertiary/aromatic N) is 2. The van der Waals surface area contributed by atoms with Gasteiger partial charge in [0.2, 0.25) is 0 Å². The van der Waals surface area contributed by atoms with Crippen molar-refractivity contribution < 1.29 is 14.7 Å². The summed E-state index contributed by atoms with van der Waals surface area (Å²) in [7, 11) is 10.0. The van der Waals surface area contributed by atoms with Crippen molar-refractivity contribution in [3.05, 3.63) is 0 Å². The van der Waals surface area contributed by atoms with Gasteiger partial charge in [0.25, 0.3) is 0 Å². The van der Waals surface area contributed by atoms with Gasteiger partial charge < -0.3 is 19.6 Å². The van der Waals surface area contributed by atoms with E-state index in [1.165, 1.54) is 0 Å². The molecule has 0 spiro atoms. The minimum atomic E-state index is 0.257. The van der Waals surface area contributed by atoms with Crippen molar-refractivity contribution in [3.8, 4) is 0 Å². The topological polar surface area (TPSA) is 43.7 Å². The second-order valence-corrected chi connectivity index (χ2v) is 4.26. The molecule has 0 aliphatic heterocycles. The lowest BCUT2D eigenvalue weighted by Gasteiger charge is -2.21. The Morgan fingerprint density at radius 1 is 1.00 bits per heavy atom. The second kappa shape index (κ2) is 8.44. The molecule has 0 amide bonds. The molecule has 0 aromatic carbocycles. The number of rotatable bonds is 4. The molecule has 0 fully saturated rings. The summed E-state index contributed by atoms with van der Waals surface area (Å²) in [5.74, 6) is 0. The summed E-state index contributed by atoms with van der Waals surface area (Å²) in [4.78, 5) is 1.93. The predicted molar refractivity (Wildman–Crippen MR) is 55.6 cm³/mol. The molecule has 0 aromatic rings. The molecule has 0 radical (unpaired) electrons. The van der Waals surface area contributed by atoms with E-state index >= 15 is 0 Å². The van der Waals surface area contributed by atoms with Gasteiger partial charge in [-0.2, -0.15) is 0 Å². The van der Waals surface area contributed by atoms with Crippen molar-refractivity contribution in [2.24, 2.45) is 0 Å². The molecule has 4 heteroatoms. The fraction of sp³-hybridized carbons (Fsp3) is 1.00. The summed E-state index contributed by atoms with van der Waals surface area (Å²) < 4.78 is 0.844. The molecule has 0 aliphatic rings. The van der Waals surface area contributed by atoms with Gasteiger partial charge in [0, 0.05) is 6.54 Å². The van der Waals surface area contributed by atoms with E-state index < -0.39 is 0 Å². The summed E-state index contributed by atoms with van der Waals surface area (Å²) in [6.45, 7) is 2.14. The fourth-order valence-electron chi connectivity index (χ4n) is 0.500. The van der Waals surface area contributed by atoms with Crippen molar-refractivity contribution in [1.82, 2.24) is 4.90 Å². The van der Waals surface area contributed by atoms with Crippen LogP contribution in [0.3, 0.4) is 0 Å². The molecule has 0 aromatic heterocycles. The number of hydrogen-bond acceptors (Lipinski definition) is 3. The van der Waals surface area contributed by atoms with Crippen LogP contribution in [-0.2, 0) is 0 Å². The van der Waals surface area contributed by atoms with E-state index in [2.05, 4.69) is 21.1 Å². The zero-order chi connectivity index (χ0) is 10.9. The Kier molecular flexibility index (Phi) is 9.94. The van der Waals surface area contributed by atoms with Gasteiger partial charge in [-0.25, -0.2) is 0 Å². The lowest BCUT2D eigenvalue weighted by Crippen LogP contribution is -2.36. The van der Waals surface area contributed by atoms with Gasteiger partial charge in [-0.15, -0.1) is 0 Å². The summed E-state index contributed by atoms with van der Waals surface area (Å²) in [5, 5.41) is 16.6. The molecule has 0 bridgehead atoms. The van der Waals surface area contributed by atoms with E-state index in [4.69, 9.17) is 10.2 Å². The molecule has 0 unspecified atom stereocenters. The number of quaternary nitrogens is 1. The molecular formula is C9H25N2O2+. The van der Waals surface area contributed by atoms with E-state index in [-0.39, 0.29) is 13.2 Å². The highest BCUT2D eigenvalue weighted by Crippen LogP contribution is 1.84. The molecule has 4 nitrogen and oxygen atoms in total. The minimum Gasteiger partial charge on any atom is -0.395 e. The van der Waals surface area contributed by atoms with Crippen molar-refractivity contribution >= 4 is 0 Å². The van der Waals surface area contributed by atoms with Crippen LogP contribution in [0.4, 0.5) is 0 Å². The zero-order valence-electron chi connectivity index (χ0n) is 9.62. The molecule has 0 saturated carbocycles. The van der Waals surface area contributed by atoms with Crippen LogP contribution in [0.1, 0.15) is 0 Å². The quantitative estimate of drug-likeness (QED) is 0.576. The lowest BCUT2D eigenvalue weighted by molar-refractivity contribution is -0.870. The van der Waals surface area contributed by atoms with Crippen LogP contribution in [0, 0.1) is 0 Å². The Labute approximate surface area is 82.0 Å². The maximum Gasteiger partial charge on any atom is 0.101 e. The van der Waals surface area contributed by atoms with E-state index in [9.17, 15) is 0 Å². The normalized spacial score (nSPS) is 11.1. The van der Waals surface area contributed by atoms with Crippen LogP contribution in [-0.4, -0.2) is 81.1 Å². The van der Waals surface area contributed by atoms with E-state index in [1.54, 1.807) is 0 Å². The largest absolute Gasteiger partial charge is 0.395 e. The predicted octanol–water partition coefficient (Wildman–Crippen LogP) is -0.775. The molecular weight excluding hydrogens is 168 g/mol. The van der Waals surface area contributed by atoms with Gasteiger partial charge >= 0.3 is 0 Å². The SMILES string of the molecule is CN(C)CCO.C[N+](C)(C)CCO. The second-order valence-electron chi connectivity index (χ2n) is 4.26. The first-order chi connectivity index (χ1) is 5.83. The lowest BCUT2D eigenvalue weighted by atomic mass is 10.5. The molecule has 0 atom stereocenters. The Morgan fingerprint density at radius 3 is 1.46 bits per heavy atom. The Morgan fingerprint density at radius 2 is 1.46 bits per heavy atom. The van der Waals surface area contributed by atoms with Gasteiger partial charge in [-0.3, -0.25) is 0 Å². The molecule has 82 valence electrons. The number of hydrogen-bond donors (Lipinski definition) is 2. The minimum absolute atomic E-state index is 0.257. The first-order valence-corrected chi connectivity index (χ1v) is 4.50. The summed E-state index contributed by atoms with van der Waals surface area (Å²) in [6, 6.07) is 0. The Bertz CT molecular complexity index is 100. The molecule has 0 rings (SSSR count). The Hall–Kier alpha value is -0.160. The van der Waals surface area contributed by atoms with E-state index in [0.717, 1.165) is 17.6 Å². The third kappa shape index (κ3) is 24.5. The fourth-order valence-corrected chi connectivity index (χ4v) is 0.500. The smallest absolute Gasteiger partial charge is 0.101 e. The highest BCUT2D eigenvalue weighted by Gasteiger charge is 2.02. The number of aliphatic hydroxyl groups is 2. The first-order valence-electron chi connectivity index (χ1n) is 4.50. The maximum absolute atomic E-state index is 8.39. The van der Waals surface area contributed by atoms with Crippen LogP contribution in [0.2, 0.25) is 0 Å². The van der Waals surface area contributed by atoms with Gasteiger partial charge in [-0.1, -0.05) is 0 Å². The molecule has 2 N–H and O–H groups in total. The summed E-state index contributed by atoms with van der Waals surface area (Å²) in [5.41, 5.74) is 0. The highest BCUT2D eigenvalue weighted by atomic mass is 16.3. The van der Waals surface area contributed by atoms with Crippen LogP contribution in [0.25, 0.3) is 0 Å². The van der Waals surface area contributed by atoms with Crippen LogP contribution in [0.15, 0.2) is 0 Å². The standard InChI is InChI=1S/C5H14NO.C4H11NO/c1-6(2,3)4-5-7;1-5(2)3-4-6/h7H,4-5H2,1-3H3;6H,3-4H2,1-2H3/q+1;. The molecule has 0 heterocycles. The van der Waals surface area contributed by atoms with Gasteiger partial charge in [0.05, 0.1) is 34.4 Å². The van der Waals surface area contributed by atoms with Crippen molar-refractivity contribution in [3.63, 3.8) is 0 Å². The number of aliphatic hydroxyl groups excluding tert-OH is 2.